The van der Waals surface area contributed by atoms with Crippen molar-refractivity contribution in [2.45, 2.75) is 33.4 Å². The highest BCUT2D eigenvalue weighted by molar-refractivity contribution is 7.71. The molecule has 2 aromatic rings. The monoisotopic (exact) mass is 303 g/mol. The quantitative estimate of drug-likeness (QED) is 0.878. The van der Waals surface area contributed by atoms with Crippen LogP contribution < -0.4 is 4.90 Å². The first-order valence-electron chi connectivity index (χ1n) is 7.70. The van der Waals surface area contributed by atoms with Crippen LogP contribution >= 0.6 is 12.2 Å². The van der Waals surface area contributed by atoms with Crippen molar-refractivity contribution in [2.24, 2.45) is 5.92 Å². The van der Waals surface area contributed by atoms with Gasteiger partial charge in [-0.25, -0.2) is 0 Å². The molecule has 0 bridgehead atoms. The summed E-state index contributed by atoms with van der Waals surface area (Å²) in [7, 11) is 0. The molecule has 3 rings (SSSR count). The minimum atomic E-state index is 0.796. The summed E-state index contributed by atoms with van der Waals surface area (Å²) >= 11 is 5.64. The van der Waals surface area contributed by atoms with Crippen LogP contribution in [0.5, 0.6) is 0 Å². The summed E-state index contributed by atoms with van der Waals surface area (Å²) < 4.78 is 4.84. The molecule has 1 aromatic carbocycles. The van der Waals surface area contributed by atoms with Crippen LogP contribution in [0.2, 0.25) is 0 Å². The van der Waals surface area contributed by atoms with E-state index in [9.17, 15) is 0 Å². The van der Waals surface area contributed by atoms with E-state index in [4.69, 9.17) is 12.2 Å². The van der Waals surface area contributed by atoms with Crippen LogP contribution in [0.1, 0.15) is 25.6 Å². The van der Waals surface area contributed by atoms with E-state index in [-0.39, 0.29) is 0 Å². The molecule has 1 aliphatic heterocycles. The van der Waals surface area contributed by atoms with Gasteiger partial charge in [0.1, 0.15) is 5.82 Å². The molecular weight excluding hydrogens is 280 g/mol. The Bertz CT molecular complexity index is 651. The van der Waals surface area contributed by atoms with Gasteiger partial charge in [0, 0.05) is 5.69 Å². The first kappa shape index (κ1) is 14.5. The number of aromatic nitrogens is 3. The van der Waals surface area contributed by atoms with Crippen LogP contribution in [0, 0.1) is 17.6 Å². The summed E-state index contributed by atoms with van der Waals surface area (Å²) in [6, 6.07) is 10.2. The highest BCUT2D eigenvalue weighted by Crippen LogP contribution is 2.11. The molecule has 0 atom stereocenters. The van der Waals surface area contributed by atoms with Crippen LogP contribution in [0.25, 0.3) is 5.69 Å². The van der Waals surface area contributed by atoms with E-state index in [2.05, 4.69) is 28.7 Å². The third kappa shape index (κ3) is 3.09. The molecule has 5 heteroatoms. The fourth-order valence-electron chi connectivity index (χ4n) is 3.03. The molecule has 21 heavy (non-hydrogen) atoms. The van der Waals surface area contributed by atoms with Crippen molar-refractivity contribution in [1.82, 2.24) is 14.3 Å². The maximum Gasteiger partial charge on any atom is 0.207 e. The Morgan fingerprint density at radius 1 is 1.24 bits per heavy atom. The first-order chi connectivity index (χ1) is 10.1. The molecule has 1 fully saturated rings. The molecule has 1 saturated heterocycles. The predicted octanol–water partition coefficient (Wildman–Crippen LogP) is 1.98. The Morgan fingerprint density at radius 2 is 1.90 bits per heavy atom. The molecule has 1 aromatic heterocycles. The van der Waals surface area contributed by atoms with Crippen molar-refractivity contribution in [3.63, 3.8) is 0 Å². The SMILES string of the molecule is Cc1nn(C[NH+]2CCC(C)CC2)c(=S)n1-c1ccccc1. The van der Waals surface area contributed by atoms with E-state index in [1.165, 1.54) is 25.9 Å². The number of hydrogen-bond acceptors (Lipinski definition) is 2. The molecule has 112 valence electrons. The molecule has 4 nitrogen and oxygen atoms in total. The average molecular weight is 303 g/mol. The number of likely N-dealkylation sites (tertiary alicyclic amines) is 1. The van der Waals surface area contributed by atoms with Gasteiger partial charge < -0.3 is 4.90 Å². The lowest BCUT2D eigenvalue weighted by Gasteiger charge is -2.26. The number of nitrogens with zero attached hydrogens (tertiary/aromatic N) is 3. The Hall–Kier alpha value is -1.46. The normalized spacial score (nSPS) is 22.4. The van der Waals surface area contributed by atoms with Crippen molar-refractivity contribution in [3.8, 4) is 5.69 Å². The molecule has 0 aliphatic carbocycles. The van der Waals surface area contributed by atoms with Gasteiger partial charge in [0.25, 0.3) is 0 Å². The third-order valence-corrected chi connectivity index (χ3v) is 4.76. The minimum Gasteiger partial charge on any atom is -0.316 e. The summed E-state index contributed by atoms with van der Waals surface area (Å²) in [5.74, 6) is 1.82. The third-order valence-electron chi connectivity index (χ3n) is 4.37. The highest BCUT2D eigenvalue weighted by Gasteiger charge is 2.20. The molecule has 0 saturated carbocycles. The first-order valence-corrected chi connectivity index (χ1v) is 8.11. The second-order valence-electron chi connectivity index (χ2n) is 6.09. The molecule has 0 unspecified atom stereocenters. The maximum atomic E-state index is 5.64. The van der Waals surface area contributed by atoms with Crippen LogP contribution in [0.3, 0.4) is 0 Å². The smallest absolute Gasteiger partial charge is 0.207 e. The molecule has 0 radical (unpaired) electrons. The second-order valence-corrected chi connectivity index (χ2v) is 6.46. The summed E-state index contributed by atoms with van der Waals surface area (Å²) in [6.45, 7) is 7.69. The standard InChI is InChI=1S/C16H22N4S/c1-13-8-10-18(11-9-13)12-19-16(21)20(14(2)17-19)15-6-4-3-5-7-15/h3-7,13H,8-12H2,1-2H3/p+1. The molecule has 1 aliphatic rings. The fraction of sp³-hybridized carbons (Fsp3) is 0.500. The number of hydrogen-bond donors (Lipinski definition) is 1. The van der Waals surface area contributed by atoms with Gasteiger partial charge in [0.15, 0.2) is 6.67 Å². The summed E-state index contributed by atoms with van der Waals surface area (Å²) in [6.07, 6.45) is 2.61. The number of rotatable bonds is 3. The van der Waals surface area contributed by atoms with Crippen LogP contribution in [-0.4, -0.2) is 27.4 Å². The van der Waals surface area contributed by atoms with Crippen LogP contribution in [0.4, 0.5) is 0 Å². The molecular formula is C16H23N4S+. The highest BCUT2D eigenvalue weighted by atomic mass is 32.1. The van der Waals surface area contributed by atoms with Gasteiger partial charge in [0.05, 0.1) is 13.1 Å². The van der Waals surface area contributed by atoms with Crippen molar-refractivity contribution < 1.29 is 4.90 Å². The lowest BCUT2D eigenvalue weighted by Crippen LogP contribution is -3.12. The van der Waals surface area contributed by atoms with E-state index >= 15 is 0 Å². The van der Waals surface area contributed by atoms with Gasteiger partial charge in [-0.05, 0) is 50.0 Å². The minimum absolute atomic E-state index is 0.796. The van der Waals surface area contributed by atoms with Gasteiger partial charge in [-0.3, -0.25) is 4.57 Å². The average Bonchev–Trinajstić information content (AvgIpc) is 2.77. The van der Waals surface area contributed by atoms with E-state index in [0.717, 1.165) is 28.9 Å². The maximum absolute atomic E-state index is 5.64. The zero-order valence-electron chi connectivity index (χ0n) is 12.7. The van der Waals surface area contributed by atoms with Crippen molar-refractivity contribution in [2.75, 3.05) is 13.1 Å². The topological polar surface area (TPSA) is 27.2 Å². The Labute approximate surface area is 131 Å². The van der Waals surface area contributed by atoms with E-state index in [1.807, 2.05) is 29.8 Å². The molecule has 0 amide bonds. The summed E-state index contributed by atoms with van der Waals surface area (Å²) in [5, 5.41) is 4.65. The van der Waals surface area contributed by atoms with Crippen molar-refractivity contribution in [3.05, 3.63) is 40.9 Å². The Morgan fingerprint density at radius 3 is 2.57 bits per heavy atom. The van der Waals surface area contributed by atoms with E-state index in [0.29, 0.717) is 0 Å². The molecule has 1 N–H and O–H groups in total. The number of piperidine rings is 1. The van der Waals surface area contributed by atoms with Gasteiger partial charge in [-0.15, -0.1) is 0 Å². The molecule has 2 heterocycles. The fourth-order valence-corrected chi connectivity index (χ4v) is 3.38. The van der Waals surface area contributed by atoms with Crippen LogP contribution in [-0.2, 0) is 6.67 Å². The Kier molecular flexibility index (Phi) is 4.22. The van der Waals surface area contributed by atoms with E-state index < -0.39 is 0 Å². The predicted molar refractivity (Wildman–Crippen MR) is 86.2 cm³/mol. The van der Waals surface area contributed by atoms with Gasteiger partial charge >= 0.3 is 0 Å². The van der Waals surface area contributed by atoms with Gasteiger partial charge in [0.2, 0.25) is 4.77 Å². The van der Waals surface area contributed by atoms with Gasteiger partial charge in [-0.2, -0.15) is 9.78 Å². The molecule has 0 spiro atoms. The lowest BCUT2D eigenvalue weighted by molar-refractivity contribution is -0.929. The number of quaternary nitrogens is 1. The largest absolute Gasteiger partial charge is 0.316 e. The number of benzene rings is 1. The summed E-state index contributed by atoms with van der Waals surface area (Å²) in [5.41, 5.74) is 1.09. The van der Waals surface area contributed by atoms with Crippen molar-refractivity contribution in [1.29, 1.82) is 0 Å². The zero-order valence-corrected chi connectivity index (χ0v) is 13.6. The second kappa shape index (κ2) is 6.12. The van der Waals surface area contributed by atoms with Crippen molar-refractivity contribution >= 4 is 12.2 Å². The zero-order chi connectivity index (χ0) is 14.8. The van der Waals surface area contributed by atoms with Gasteiger partial charge in [-0.1, -0.05) is 25.1 Å². The van der Waals surface area contributed by atoms with E-state index in [1.54, 1.807) is 4.90 Å². The van der Waals surface area contributed by atoms with Crippen LogP contribution in [0.15, 0.2) is 30.3 Å². The Balaban J connectivity index is 1.83. The number of aryl methyl sites for hydroxylation is 1. The number of nitrogens with one attached hydrogen (secondary N) is 1. The lowest BCUT2D eigenvalue weighted by atomic mass is 10.00. The summed E-state index contributed by atoms with van der Waals surface area (Å²) in [4.78, 5) is 1.59. The number of para-hydroxylation sites is 1.